The number of nitrogens with zero attached hydrogens (tertiary/aromatic N) is 3. The van der Waals surface area contributed by atoms with Gasteiger partial charge >= 0.3 is 0 Å². The van der Waals surface area contributed by atoms with Gasteiger partial charge in [-0.2, -0.15) is 5.10 Å². The lowest BCUT2D eigenvalue weighted by atomic mass is 9.97. The lowest BCUT2D eigenvalue weighted by Gasteiger charge is -2.39. The molecule has 1 aliphatic heterocycles. The zero-order valence-corrected chi connectivity index (χ0v) is 9.97. The molecule has 2 atom stereocenters. The summed E-state index contributed by atoms with van der Waals surface area (Å²) in [6.07, 6.45) is 7.01. The van der Waals surface area contributed by atoms with Crippen LogP contribution in [0.3, 0.4) is 0 Å². The second-order valence-electron chi connectivity index (χ2n) is 4.63. The molecule has 1 fully saturated rings. The predicted molar refractivity (Wildman–Crippen MR) is 61.8 cm³/mol. The van der Waals surface area contributed by atoms with Crippen molar-refractivity contribution in [2.75, 3.05) is 0 Å². The lowest BCUT2D eigenvalue weighted by molar-refractivity contribution is -0.138. The van der Waals surface area contributed by atoms with E-state index >= 15 is 0 Å². The standard InChI is InChI=1S/C12H19N3O/c1-10-5-3-6-11(2)15(10)12(16)9-14-8-4-7-13-14/h4,7-8,10-11H,3,5-6,9H2,1-2H3. The van der Waals surface area contributed by atoms with Gasteiger partial charge in [0.05, 0.1) is 0 Å². The molecule has 4 nitrogen and oxygen atoms in total. The fourth-order valence-corrected chi connectivity index (χ4v) is 2.53. The van der Waals surface area contributed by atoms with Crippen LogP contribution in [0.5, 0.6) is 0 Å². The Hall–Kier alpha value is -1.32. The summed E-state index contributed by atoms with van der Waals surface area (Å²) in [6.45, 7) is 4.63. The Morgan fingerprint density at radius 3 is 2.62 bits per heavy atom. The summed E-state index contributed by atoms with van der Waals surface area (Å²) in [5.41, 5.74) is 0. The van der Waals surface area contributed by atoms with E-state index in [1.807, 2.05) is 17.2 Å². The van der Waals surface area contributed by atoms with Crippen LogP contribution in [0.4, 0.5) is 0 Å². The molecule has 2 unspecified atom stereocenters. The van der Waals surface area contributed by atoms with Gasteiger partial charge in [0.15, 0.2) is 0 Å². The third-order valence-electron chi connectivity index (χ3n) is 3.34. The van der Waals surface area contributed by atoms with Crippen molar-refractivity contribution in [1.82, 2.24) is 14.7 Å². The highest BCUT2D eigenvalue weighted by Gasteiger charge is 2.28. The first-order chi connectivity index (χ1) is 7.68. The van der Waals surface area contributed by atoms with Crippen LogP contribution in [0.1, 0.15) is 33.1 Å². The van der Waals surface area contributed by atoms with Gasteiger partial charge < -0.3 is 4.90 Å². The van der Waals surface area contributed by atoms with Crippen LogP contribution in [0, 0.1) is 0 Å². The van der Waals surface area contributed by atoms with E-state index in [2.05, 4.69) is 18.9 Å². The predicted octanol–water partition coefficient (Wildman–Crippen LogP) is 1.67. The minimum atomic E-state index is 0.184. The molecule has 16 heavy (non-hydrogen) atoms. The highest BCUT2D eigenvalue weighted by molar-refractivity contribution is 5.76. The number of hydrogen-bond donors (Lipinski definition) is 0. The molecule has 0 saturated carbocycles. The van der Waals surface area contributed by atoms with E-state index < -0.39 is 0 Å². The Morgan fingerprint density at radius 1 is 1.38 bits per heavy atom. The Labute approximate surface area is 96.2 Å². The third kappa shape index (κ3) is 2.26. The van der Waals surface area contributed by atoms with Gasteiger partial charge in [0.2, 0.25) is 5.91 Å². The lowest BCUT2D eigenvalue weighted by Crippen LogP contribution is -2.48. The topological polar surface area (TPSA) is 38.1 Å². The Kier molecular flexibility index (Phi) is 3.27. The Morgan fingerprint density at radius 2 is 2.06 bits per heavy atom. The van der Waals surface area contributed by atoms with Gasteiger partial charge in [-0.05, 0) is 39.2 Å². The monoisotopic (exact) mass is 221 g/mol. The van der Waals surface area contributed by atoms with Crippen LogP contribution in [-0.2, 0) is 11.3 Å². The summed E-state index contributed by atoms with van der Waals surface area (Å²) in [6, 6.07) is 2.58. The Bertz CT molecular complexity index is 337. The van der Waals surface area contributed by atoms with Crippen molar-refractivity contribution in [1.29, 1.82) is 0 Å². The second-order valence-corrected chi connectivity index (χ2v) is 4.63. The number of rotatable bonds is 2. The van der Waals surface area contributed by atoms with Crippen LogP contribution in [-0.4, -0.2) is 32.7 Å². The normalized spacial score (nSPS) is 25.8. The highest BCUT2D eigenvalue weighted by Crippen LogP contribution is 2.22. The van der Waals surface area contributed by atoms with Crippen molar-refractivity contribution < 1.29 is 4.79 Å². The van der Waals surface area contributed by atoms with E-state index in [-0.39, 0.29) is 5.91 Å². The van der Waals surface area contributed by atoms with Crippen molar-refractivity contribution >= 4 is 5.91 Å². The van der Waals surface area contributed by atoms with Crippen LogP contribution in [0.25, 0.3) is 0 Å². The smallest absolute Gasteiger partial charge is 0.244 e. The molecule has 2 heterocycles. The molecule has 1 aromatic heterocycles. The van der Waals surface area contributed by atoms with Gasteiger partial charge in [-0.15, -0.1) is 0 Å². The van der Waals surface area contributed by atoms with E-state index in [0.29, 0.717) is 18.6 Å². The fraction of sp³-hybridized carbons (Fsp3) is 0.667. The van der Waals surface area contributed by atoms with Gasteiger partial charge in [-0.3, -0.25) is 9.48 Å². The van der Waals surface area contributed by atoms with Gasteiger partial charge in [-0.25, -0.2) is 0 Å². The molecule has 2 rings (SSSR count). The van der Waals surface area contributed by atoms with E-state index in [1.165, 1.54) is 6.42 Å². The molecule has 4 heteroatoms. The number of likely N-dealkylation sites (tertiary alicyclic amines) is 1. The maximum absolute atomic E-state index is 12.2. The first kappa shape index (κ1) is 11.2. The van der Waals surface area contributed by atoms with E-state index in [0.717, 1.165) is 12.8 Å². The van der Waals surface area contributed by atoms with E-state index in [4.69, 9.17) is 0 Å². The summed E-state index contributed by atoms with van der Waals surface area (Å²) in [5, 5.41) is 4.07. The summed E-state index contributed by atoms with van der Waals surface area (Å²) in [7, 11) is 0. The number of aromatic nitrogens is 2. The van der Waals surface area contributed by atoms with Crippen LogP contribution < -0.4 is 0 Å². The molecule has 1 amide bonds. The SMILES string of the molecule is CC1CCCC(C)N1C(=O)Cn1cccn1. The summed E-state index contributed by atoms with van der Waals surface area (Å²) < 4.78 is 1.69. The molecule has 1 saturated heterocycles. The van der Waals surface area contributed by atoms with Crippen LogP contribution >= 0.6 is 0 Å². The third-order valence-corrected chi connectivity index (χ3v) is 3.34. The van der Waals surface area contributed by atoms with Gasteiger partial charge in [-0.1, -0.05) is 0 Å². The maximum atomic E-state index is 12.2. The van der Waals surface area contributed by atoms with Crippen molar-refractivity contribution in [2.45, 2.75) is 51.7 Å². The van der Waals surface area contributed by atoms with Crippen LogP contribution in [0.2, 0.25) is 0 Å². The molecule has 0 aromatic carbocycles. The number of piperidine rings is 1. The summed E-state index contributed by atoms with van der Waals surface area (Å²) in [4.78, 5) is 14.2. The average Bonchev–Trinajstić information content (AvgIpc) is 2.70. The number of amides is 1. The minimum absolute atomic E-state index is 0.184. The summed E-state index contributed by atoms with van der Waals surface area (Å²) >= 11 is 0. The molecular formula is C12H19N3O. The summed E-state index contributed by atoms with van der Waals surface area (Å²) in [5.74, 6) is 0.184. The van der Waals surface area contributed by atoms with Crippen LogP contribution in [0.15, 0.2) is 18.5 Å². The van der Waals surface area contributed by atoms with Crippen molar-refractivity contribution in [2.24, 2.45) is 0 Å². The van der Waals surface area contributed by atoms with E-state index in [9.17, 15) is 4.79 Å². The molecular weight excluding hydrogens is 202 g/mol. The van der Waals surface area contributed by atoms with Gasteiger partial charge in [0.1, 0.15) is 6.54 Å². The van der Waals surface area contributed by atoms with Crippen molar-refractivity contribution in [3.8, 4) is 0 Å². The molecule has 0 N–H and O–H groups in total. The molecule has 88 valence electrons. The van der Waals surface area contributed by atoms with Crippen molar-refractivity contribution in [3.63, 3.8) is 0 Å². The fourth-order valence-electron chi connectivity index (χ4n) is 2.53. The average molecular weight is 221 g/mol. The number of hydrogen-bond acceptors (Lipinski definition) is 2. The maximum Gasteiger partial charge on any atom is 0.244 e. The molecule has 0 radical (unpaired) electrons. The first-order valence-corrected chi connectivity index (χ1v) is 5.97. The second kappa shape index (κ2) is 4.68. The minimum Gasteiger partial charge on any atom is -0.336 e. The van der Waals surface area contributed by atoms with Crippen molar-refractivity contribution in [3.05, 3.63) is 18.5 Å². The zero-order chi connectivity index (χ0) is 11.5. The molecule has 0 aliphatic carbocycles. The van der Waals surface area contributed by atoms with Gasteiger partial charge in [0.25, 0.3) is 0 Å². The molecule has 1 aromatic rings. The number of carbonyl (C=O) groups is 1. The zero-order valence-electron chi connectivity index (χ0n) is 9.97. The Balaban J connectivity index is 2.02. The quantitative estimate of drug-likeness (QED) is 0.762. The largest absolute Gasteiger partial charge is 0.336 e. The number of carbonyl (C=O) groups excluding carboxylic acids is 1. The van der Waals surface area contributed by atoms with E-state index in [1.54, 1.807) is 10.9 Å². The molecule has 1 aliphatic rings. The van der Waals surface area contributed by atoms with Gasteiger partial charge in [0, 0.05) is 24.5 Å². The molecule has 0 spiro atoms. The first-order valence-electron chi connectivity index (χ1n) is 5.97. The highest BCUT2D eigenvalue weighted by atomic mass is 16.2. The molecule has 0 bridgehead atoms.